The molecule has 2 N–H and O–H groups in total. The van der Waals surface area contributed by atoms with Gasteiger partial charge in [-0.15, -0.1) is 0 Å². The summed E-state index contributed by atoms with van der Waals surface area (Å²) in [6.07, 6.45) is 0.636. The highest BCUT2D eigenvalue weighted by Gasteiger charge is 2.16. The first kappa shape index (κ1) is 18.2. The molecule has 0 spiro atoms. The van der Waals surface area contributed by atoms with Crippen molar-refractivity contribution in [3.05, 3.63) is 27.7 Å². The second-order valence-electron chi connectivity index (χ2n) is 5.24. The Balaban J connectivity index is 2.75. The van der Waals surface area contributed by atoms with Gasteiger partial charge >= 0.3 is 0 Å². The Morgan fingerprint density at radius 1 is 1.38 bits per heavy atom. The van der Waals surface area contributed by atoms with E-state index in [1.807, 2.05) is 31.7 Å². The zero-order valence-corrected chi connectivity index (χ0v) is 14.1. The molecule has 0 unspecified atom stereocenters. The lowest BCUT2D eigenvalue weighted by Crippen LogP contribution is -2.39. The van der Waals surface area contributed by atoms with Crippen molar-refractivity contribution in [2.24, 2.45) is 0 Å². The van der Waals surface area contributed by atoms with Crippen LogP contribution in [0, 0.1) is 6.92 Å². The largest absolute Gasteiger partial charge is 0.396 e. The van der Waals surface area contributed by atoms with Gasteiger partial charge in [-0.1, -0.05) is 29.3 Å². The molecule has 0 radical (unpaired) electrons. The van der Waals surface area contributed by atoms with Crippen LogP contribution in [0.3, 0.4) is 0 Å². The Bertz CT molecular complexity index is 493. The van der Waals surface area contributed by atoms with E-state index in [4.69, 9.17) is 28.3 Å². The lowest BCUT2D eigenvalue weighted by molar-refractivity contribution is -0.117. The van der Waals surface area contributed by atoms with E-state index in [-0.39, 0.29) is 25.1 Å². The summed E-state index contributed by atoms with van der Waals surface area (Å²) in [5.74, 6) is -0.170. The number of anilines is 1. The third-order valence-electron chi connectivity index (χ3n) is 3.23. The van der Waals surface area contributed by atoms with Gasteiger partial charge in [-0.2, -0.15) is 0 Å². The number of aliphatic hydroxyl groups excluding tert-OH is 1. The van der Waals surface area contributed by atoms with E-state index in [1.54, 1.807) is 6.07 Å². The average molecular weight is 333 g/mol. The first-order valence-electron chi connectivity index (χ1n) is 6.96. The molecule has 118 valence electrons. The van der Waals surface area contributed by atoms with Gasteiger partial charge in [-0.05, 0) is 38.8 Å². The summed E-state index contributed by atoms with van der Waals surface area (Å²) in [4.78, 5) is 14.2. The quantitative estimate of drug-likeness (QED) is 0.805. The Morgan fingerprint density at radius 2 is 2.05 bits per heavy atom. The van der Waals surface area contributed by atoms with Crippen molar-refractivity contribution < 1.29 is 9.90 Å². The van der Waals surface area contributed by atoms with Gasteiger partial charge in [-0.3, -0.25) is 9.69 Å². The smallest absolute Gasteiger partial charge is 0.238 e. The number of nitrogens with one attached hydrogen (secondary N) is 1. The molecule has 0 atom stereocenters. The molecule has 0 saturated carbocycles. The van der Waals surface area contributed by atoms with Crippen LogP contribution in [0.15, 0.2) is 12.1 Å². The minimum atomic E-state index is -0.170. The molecule has 21 heavy (non-hydrogen) atoms. The summed E-state index contributed by atoms with van der Waals surface area (Å²) in [6.45, 7) is 6.89. The van der Waals surface area contributed by atoms with Crippen molar-refractivity contribution in [1.82, 2.24) is 4.90 Å². The number of carbonyl (C=O) groups excluding carboxylic acids is 1. The first-order chi connectivity index (χ1) is 9.86. The number of hydrogen-bond acceptors (Lipinski definition) is 3. The van der Waals surface area contributed by atoms with Crippen LogP contribution >= 0.6 is 23.2 Å². The van der Waals surface area contributed by atoms with E-state index in [0.29, 0.717) is 28.7 Å². The van der Waals surface area contributed by atoms with Gasteiger partial charge in [0.25, 0.3) is 0 Å². The molecule has 0 saturated heterocycles. The van der Waals surface area contributed by atoms with Crippen LogP contribution in [0.5, 0.6) is 0 Å². The minimum absolute atomic E-state index is 0.111. The lowest BCUT2D eigenvalue weighted by Gasteiger charge is -2.25. The molecule has 1 rings (SSSR count). The Morgan fingerprint density at radius 3 is 2.62 bits per heavy atom. The maximum absolute atomic E-state index is 12.2. The summed E-state index contributed by atoms with van der Waals surface area (Å²) in [7, 11) is 0. The van der Waals surface area contributed by atoms with Gasteiger partial charge in [0, 0.05) is 19.2 Å². The lowest BCUT2D eigenvalue weighted by atomic mass is 10.2. The number of halogens is 2. The second-order valence-corrected chi connectivity index (χ2v) is 6.03. The van der Waals surface area contributed by atoms with Crippen molar-refractivity contribution >= 4 is 34.8 Å². The van der Waals surface area contributed by atoms with E-state index in [9.17, 15) is 4.79 Å². The van der Waals surface area contributed by atoms with Crippen molar-refractivity contribution in [2.45, 2.75) is 33.2 Å². The van der Waals surface area contributed by atoms with Crippen LogP contribution in [-0.2, 0) is 4.79 Å². The second kappa shape index (κ2) is 8.59. The van der Waals surface area contributed by atoms with Gasteiger partial charge in [0.2, 0.25) is 5.91 Å². The summed E-state index contributed by atoms with van der Waals surface area (Å²) in [5.41, 5.74) is 1.31. The number of aliphatic hydroxyl groups is 1. The Hall–Kier alpha value is -0.810. The molecular formula is C15H22Cl2N2O2. The molecule has 0 heterocycles. The molecule has 0 aromatic heterocycles. The number of rotatable bonds is 7. The third-order valence-corrected chi connectivity index (χ3v) is 4.03. The molecule has 1 aromatic carbocycles. The van der Waals surface area contributed by atoms with E-state index in [0.717, 1.165) is 5.56 Å². The average Bonchev–Trinajstić information content (AvgIpc) is 2.43. The monoisotopic (exact) mass is 332 g/mol. The zero-order chi connectivity index (χ0) is 16.0. The SMILES string of the molecule is Cc1ccc(Cl)c(NC(=O)CN(CCCO)C(C)C)c1Cl. The zero-order valence-electron chi connectivity index (χ0n) is 12.6. The molecule has 0 aliphatic rings. The molecule has 0 aliphatic heterocycles. The Labute approximate surface area is 136 Å². The molecule has 6 heteroatoms. The highest BCUT2D eigenvalue weighted by Crippen LogP contribution is 2.32. The van der Waals surface area contributed by atoms with Crippen molar-refractivity contribution in [3.8, 4) is 0 Å². The molecule has 4 nitrogen and oxygen atoms in total. The predicted molar refractivity (Wildman–Crippen MR) is 88.2 cm³/mol. The van der Waals surface area contributed by atoms with Crippen LogP contribution in [0.2, 0.25) is 10.0 Å². The minimum Gasteiger partial charge on any atom is -0.396 e. The van der Waals surface area contributed by atoms with Crippen molar-refractivity contribution in [3.63, 3.8) is 0 Å². The van der Waals surface area contributed by atoms with Crippen LogP contribution < -0.4 is 5.32 Å². The van der Waals surface area contributed by atoms with E-state index >= 15 is 0 Å². The van der Waals surface area contributed by atoms with Crippen LogP contribution in [0.25, 0.3) is 0 Å². The molecular weight excluding hydrogens is 311 g/mol. The van der Waals surface area contributed by atoms with Gasteiger partial charge in [0.1, 0.15) is 0 Å². The standard InChI is InChI=1S/C15H22Cl2N2O2/c1-10(2)19(7-4-8-20)9-13(21)18-15-12(16)6-5-11(3)14(15)17/h5-6,10,20H,4,7-9H2,1-3H3,(H,18,21). The summed E-state index contributed by atoms with van der Waals surface area (Å²) in [6, 6.07) is 3.73. The maximum Gasteiger partial charge on any atom is 0.238 e. The van der Waals surface area contributed by atoms with Gasteiger partial charge in [0.15, 0.2) is 0 Å². The van der Waals surface area contributed by atoms with Gasteiger partial charge < -0.3 is 10.4 Å². The van der Waals surface area contributed by atoms with Crippen LogP contribution in [-0.4, -0.2) is 41.7 Å². The summed E-state index contributed by atoms with van der Waals surface area (Å²) >= 11 is 12.3. The normalized spacial score (nSPS) is 11.2. The van der Waals surface area contributed by atoms with Gasteiger partial charge in [0.05, 0.1) is 22.3 Å². The number of hydrogen-bond donors (Lipinski definition) is 2. The highest BCUT2D eigenvalue weighted by atomic mass is 35.5. The number of carbonyl (C=O) groups is 1. The third kappa shape index (κ3) is 5.47. The Kier molecular flexibility index (Phi) is 7.46. The fourth-order valence-corrected chi connectivity index (χ4v) is 2.39. The van der Waals surface area contributed by atoms with Gasteiger partial charge in [-0.25, -0.2) is 0 Å². The topological polar surface area (TPSA) is 52.6 Å². The van der Waals surface area contributed by atoms with Crippen LogP contribution in [0.4, 0.5) is 5.69 Å². The number of benzene rings is 1. The highest BCUT2D eigenvalue weighted by molar-refractivity contribution is 6.40. The van der Waals surface area contributed by atoms with Crippen LogP contribution in [0.1, 0.15) is 25.8 Å². The number of nitrogens with zero attached hydrogens (tertiary/aromatic N) is 1. The number of aryl methyl sites for hydroxylation is 1. The summed E-state index contributed by atoms with van der Waals surface area (Å²) in [5, 5.41) is 12.6. The van der Waals surface area contributed by atoms with Crippen molar-refractivity contribution in [2.75, 3.05) is 25.0 Å². The number of amides is 1. The molecule has 1 aromatic rings. The van der Waals surface area contributed by atoms with E-state index in [1.165, 1.54) is 0 Å². The first-order valence-corrected chi connectivity index (χ1v) is 7.71. The molecule has 0 fully saturated rings. The molecule has 0 aliphatic carbocycles. The predicted octanol–water partition coefficient (Wildman–Crippen LogP) is 3.33. The van der Waals surface area contributed by atoms with E-state index < -0.39 is 0 Å². The van der Waals surface area contributed by atoms with Crippen molar-refractivity contribution in [1.29, 1.82) is 0 Å². The molecule has 1 amide bonds. The fourth-order valence-electron chi connectivity index (χ4n) is 1.93. The van der Waals surface area contributed by atoms with E-state index in [2.05, 4.69) is 5.32 Å². The fraction of sp³-hybridized carbons (Fsp3) is 0.533. The maximum atomic E-state index is 12.2. The summed E-state index contributed by atoms with van der Waals surface area (Å²) < 4.78 is 0. The molecule has 0 bridgehead atoms.